The van der Waals surface area contributed by atoms with Crippen LogP contribution in [0.25, 0.3) is 0 Å². The van der Waals surface area contributed by atoms with Crippen molar-refractivity contribution in [2.24, 2.45) is 0 Å². The van der Waals surface area contributed by atoms with E-state index in [2.05, 4.69) is 10.2 Å². The highest BCUT2D eigenvalue weighted by atomic mass is 19.1. The monoisotopic (exact) mass is 505 g/mol. The first-order valence-electron chi connectivity index (χ1n) is 12.9. The summed E-state index contributed by atoms with van der Waals surface area (Å²) >= 11 is 0. The fourth-order valence-electron chi connectivity index (χ4n) is 5.12. The summed E-state index contributed by atoms with van der Waals surface area (Å²) in [5.74, 6) is -0.848. The molecule has 2 heterocycles. The number of carbonyl (C=O) groups excluding carboxylic acids is 2. The number of ether oxygens (including phenoxy) is 1. The summed E-state index contributed by atoms with van der Waals surface area (Å²) in [5, 5.41) is 3.18. The summed E-state index contributed by atoms with van der Waals surface area (Å²) < 4.78 is 24.5. The van der Waals surface area contributed by atoms with Gasteiger partial charge in [0.2, 0.25) is 5.91 Å². The van der Waals surface area contributed by atoms with Gasteiger partial charge >= 0.3 is 0 Å². The Morgan fingerprint density at radius 1 is 1.00 bits per heavy atom. The normalized spacial score (nSPS) is 16.9. The molecule has 5 rings (SSSR count). The van der Waals surface area contributed by atoms with E-state index in [1.165, 1.54) is 23.3 Å². The molecule has 194 valence electrons. The van der Waals surface area contributed by atoms with Crippen LogP contribution in [0.2, 0.25) is 0 Å². The molecule has 1 atom stereocenters. The topological polar surface area (TPSA) is 75.0 Å². The van der Waals surface area contributed by atoms with Crippen molar-refractivity contribution >= 4 is 17.5 Å². The van der Waals surface area contributed by atoms with Crippen LogP contribution < -0.4 is 10.2 Å². The van der Waals surface area contributed by atoms with Gasteiger partial charge in [-0.15, -0.1) is 0 Å². The van der Waals surface area contributed by atoms with Crippen LogP contribution in [0.1, 0.15) is 53.4 Å². The lowest BCUT2D eigenvalue weighted by atomic mass is 10.0. The number of benzene rings is 2. The molecule has 1 saturated heterocycles. The number of rotatable bonds is 8. The molecule has 1 aliphatic heterocycles. The van der Waals surface area contributed by atoms with Gasteiger partial charge in [-0.2, -0.15) is 0 Å². The Labute approximate surface area is 216 Å². The largest absolute Gasteiger partial charge is 0.459 e. The third-order valence-corrected chi connectivity index (χ3v) is 7.11. The molecule has 37 heavy (non-hydrogen) atoms. The van der Waals surface area contributed by atoms with Gasteiger partial charge in [-0.1, -0.05) is 37.1 Å². The van der Waals surface area contributed by atoms with Gasteiger partial charge in [0.15, 0.2) is 5.76 Å². The number of nitrogens with one attached hydrogen (secondary N) is 1. The van der Waals surface area contributed by atoms with Crippen molar-refractivity contribution in [3.8, 4) is 0 Å². The van der Waals surface area contributed by atoms with E-state index in [-0.39, 0.29) is 30.1 Å². The van der Waals surface area contributed by atoms with E-state index >= 15 is 0 Å². The minimum atomic E-state index is -0.887. The molecule has 0 radical (unpaired) electrons. The fraction of sp³-hybridized carbons (Fsp3) is 0.379. The summed E-state index contributed by atoms with van der Waals surface area (Å²) in [5.41, 5.74) is 2.46. The molecule has 2 aliphatic rings. The Morgan fingerprint density at radius 3 is 2.35 bits per heavy atom. The smallest absolute Gasteiger partial charge is 0.290 e. The number of hydrogen-bond acceptors (Lipinski definition) is 5. The summed E-state index contributed by atoms with van der Waals surface area (Å²) in [4.78, 5) is 31.3. The summed E-state index contributed by atoms with van der Waals surface area (Å²) in [6.45, 7) is 3.08. The van der Waals surface area contributed by atoms with E-state index in [1.54, 1.807) is 24.3 Å². The number of amides is 2. The molecule has 0 unspecified atom stereocenters. The molecule has 1 saturated carbocycles. The molecule has 0 bridgehead atoms. The van der Waals surface area contributed by atoms with Gasteiger partial charge in [-0.05, 0) is 60.4 Å². The molecule has 1 N–H and O–H groups in total. The molecule has 8 heteroatoms. The average Bonchev–Trinajstić information content (AvgIpc) is 3.65. The second kappa shape index (κ2) is 11.6. The predicted octanol–water partition coefficient (Wildman–Crippen LogP) is 4.70. The van der Waals surface area contributed by atoms with Gasteiger partial charge in [-0.25, -0.2) is 4.39 Å². The van der Waals surface area contributed by atoms with Crippen LogP contribution in [-0.2, 0) is 16.1 Å². The van der Waals surface area contributed by atoms with Gasteiger partial charge in [0.05, 0.1) is 19.5 Å². The first kappa shape index (κ1) is 25.0. The molecule has 7 nitrogen and oxygen atoms in total. The third-order valence-electron chi connectivity index (χ3n) is 7.11. The van der Waals surface area contributed by atoms with Crippen molar-refractivity contribution in [2.45, 2.75) is 44.3 Å². The number of furan rings is 1. The summed E-state index contributed by atoms with van der Waals surface area (Å²) in [6.07, 6.45) is 5.45. The maximum atomic E-state index is 13.8. The SMILES string of the molecule is O=C(NC1CCCC1)[C@@H](c1ccc(N2CCOCC2)cc1)N(Cc1ccc(F)cc1)C(=O)c1ccco1. The van der Waals surface area contributed by atoms with Crippen LogP contribution in [0.3, 0.4) is 0 Å². The second-order valence-corrected chi connectivity index (χ2v) is 9.62. The van der Waals surface area contributed by atoms with Crippen molar-refractivity contribution < 1.29 is 23.1 Å². The standard InChI is InChI=1S/C29H32FN3O4/c30-23-11-7-21(8-12-23)20-33(29(35)26-6-3-17-37-26)27(28(34)31-24-4-1-2-5-24)22-9-13-25(14-10-22)32-15-18-36-19-16-32/h3,6-14,17,24,27H,1-2,4-5,15-16,18-20H2,(H,31,34)/t27-/m1/s1. The van der Waals surface area contributed by atoms with E-state index in [4.69, 9.17) is 9.15 Å². The van der Waals surface area contributed by atoms with Crippen molar-refractivity contribution in [1.29, 1.82) is 0 Å². The maximum Gasteiger partial charge on any atom is 0.290 e. The summed E-state index contributed by atoms with van der Waals surface area (Å²) in [7, 11) is 0. The van der Waals surface area contributed by atoms with Crippen molar-refractivity contribution in [1.82, 2.24) is 10.2 Å². The van der Waals surface area contributed by atoms with Gasteiger partial charge in [0.25, 0.3) is 5.91 Å². The molecule has 3 aromatic rings. The minimum Gasteiger partial charge on any atom is -0.459 e. The van der Waals surface area contributed by atoms with E-state index in [0.717, 1.165) is 44.5 Å². The quantitative estimate of drug-likeness (QED) is 0.481. The first-order chi connectivity index (χ1) is 18.1. The van der Waals surface area contributed by atoms with Gasteiger partial charge in [-0.3, -0.25) is 9.59 Å². The molecule has 2 fully saturated rings. The Morgan fingerprint density at radius 2 is 1.70 bits per heavy atom. The predicted molar refractivity (Wildman–Crippen MR) is 138 cm³/mol. The second-order valence-electron chi connectivity index (χ2n) is 9.62. The molecule has 0 spiro atoms. The Kier molecular flexibility index (Phi) is 7.84. The molecular formula is C29H32FN3O4. The lowest BCUT2D eigenvalue weighted by molar-refractivity contribution is -0.126. The molecular weight excluding hydrogens is 473 g/mol. The number of nitrogens with zero attached hydrogens (tertiary/aromatic N) is 2. The maximum absolute atomic E-state index is 13.8. The Balaban J connectivity index is 1.50. The zero-order chi connectivity index (χ0) is 25.6. The van der Waals surface area contributed by atoms with Gasteiger partial charge in [0, 0.05) is 31.4 Å². The van der Waals surface area contributed by atoms with Crippen LogP contribution in [0.5, 0.6) is 0 Å². The van der Waals surface area contributed by atoms with Crippen LogP contribution in [0.4, 0.5) is 10.1 Å². The number of hydrogen-bond donors (Lipinski definition) is 1. The van der Waals surface area contributed by atoms with Crippen molar-refractivity contribution in [3.63, 3.8) is 0 Å². The molecule has 2 amide bonds. The highest BCUT2D eigenvalue weighted by Crippen LogP contribution is 2.29. The van der Waals surface area contributed by atoms with Crippen LogP contribution >= 0.6 is 0 Å². The average molecular weight is 506 g/mol. The Bertz CT molecular complexity index is 1170. The van der Waals surface area contributed by atoms with E-state index in [1.807, 2.05) is 24.3 Å². The van der Waals surface area contributed by atoms with Gasteiger partial charge < -0.3 is 24.3 Å². The first-order valence-corrected chi connectivity index (χ1v) is 12.9. The van der Waals surface area contributed by atoms with E-state index < -0.39 is 11.9 Å². The van der Waals surface area contributed by atoms with Gasteiger partial charge in [0.1, 0.15) is 11.9 Å². The Hall–Kier alpha value is -3.65. The number of anilines is 1. The highest BCUT2D eigenvalue weighted by Gasteiger charge is 2.35. The zero-order valence-corrected chi connectivity index (χ0v) is 20.8. The fourth-order valence-corrected chi connectivity index (χ4v) is 5.12. The molecule has 1 aliphatic carbocycles. The number of halogens is 1. The molecule has 2 aromatic carbocycles. The zero-order valence-electron chi connectivity index (χ0n) is 20.8. The van der Waals surface area contributed by atoms with Crippen LogP contribution in [0.15, 0.2) is 71.3 Å². The highest BCUT2D eigenvalue weighted by molar-refractivity contribution is 5.96. The minimum absolute atomic E-state index is 0.0917. The van der Waals surface area contributed by atoms with E-state index in [9.17, 15) is 14.0 Å². The lowest BCUT2D eigenvalue weighted by Gasteiger charge is -2.33. The van der Waals surface area contributed by atoms with Crippen molar-refractivity contribution in [2.75, 3.05) is 31.2 Å². The van der Waals surface area contributed by atoms with Crippen LogP contribution in [-0.4, -0.2) is 49.1 Å². The number of carbonyl (C=O) groups is 2. The molecule has 1 aromatic heterocycles. The number of morpholine rings is 1. The lowest BCUT2D eigenvalue weighted by Crippen LogP contribution is -2.45. The van der Waals surface area contributed by atoms with Crippen LogP contribution in [0, 0.1) is 5.82 Å². The third kappa shape index (κ3) is 6.02. The van der Waals surface area contributed by atoms with E-state index in [0.29, 0.717) is 24.3 Å². The van der Waals surface area contributed by atoms with Crippen molar-refractivity contribution in [3.05, 3.63) is 89.6 Å². The summed E-state index contributed by atoms with van der Waals surface area (Å²) in [6, 6.07) is 16.2.